The highest BCUT2D eigenvalue weighted by Gasteiger charge is 2.09. The standard InChI is InChI=1S/C18H22N2O3/c1-13-9-10-16(18(22)20-13)17(21)19-11-6-12-23-14(2)15-7-4-3-5-8-15/h3-5,7-10,14H,6,11-12H2,1-2H3,(H,19,21)(H,20,22)/t14-/m1/s1. The summed E-state index contributed by atoms with van der Waals surface area (Å²) in [6.07, 6.45) is 0.707. The van der Waals surface area contributed by atoms with Gasteiger partial charge in [0.25, 0.3) is 11.5 Å². The maximum Gasteiger partial charge on any atom is 0.260 e. The number of ether oxygens (including phenoxy) is 1. The second-order valence-corrected chi connectivity index (χ2v) is 5.42. The lowest BCUT2D eigenvalue weighted by Gasteiger charge is -2.13. The largest absolute Gasteiger partial charge is 0.374 e. The van der Waals surface area contributed by atoms with E-state index in [9.17, 15) is 9.59 Å². The van der Waals surface area contributed by atoms with Crippen LogP contribution in [-0.2, 0) is 4.74 Å². The number of aryl methyl sites for hydroxylation is 1. The fourth-order valence-corrected chi connectivity index (χ4v) is 2.20. The maximum absolute atomic E-state index is 11.9. The minimum Gasteiger partial charge on any atom is -0.374 e. The van der Waals surface area contributed by atoms with E-state index in [0.717, 1.165) is 11.3 Å². The molecule has 5 nitrogen and oxygen atoms in total. The Morgan fingerprint density at radius 3 is 2.65 bits per heavy atom. The van der Waals surface area contributed by atoms with Crippen molar-refractivity contribution < 1.29 is 9.53 Å². The van der Waals surface area contributed by atoms with Crippen LogP contribution in [0.25, 0.3) is 0 Å². The van der Waals surface area contributed by atoms with Gasteiger partial charge >= 0.3 is 0 Å². The molecule has 0 aliphatic rings. The number of amides is 1. The van der Waals surface area contributed by atoms with Crippen LogP contribution >= 0.6 is 0 Å². The first-order valence-electron chi connectivity index (χ1n) is 7.72. The van der Waals surface area contributed by atoms with Crippen LogP contribution in [0, 0.1) is 6.92 Å². The molecule has 0 unspecified atom stereocenters. The van der Waals surface area contributed by atoms with Gasteiger partial charge in [0, 0.05) is 18.8 Å². The predicted molar refractivity (Wildman–Crippen MR) is 89.6 cm³/mol. The molecule has 0 spiro atoms. The summed E-state index contributed by atoms with van der Waals surface area (Å²) in [7, 11) is 0. The third-order valence-corrected chi connectivity index (χ3v) is 3.54. The molecular formula is C18H22N2O3. The van der Waals surface area contributed by atoms with E-state index in [-0.39, 0.29) is 23.1 Å². The average molecular weight is 314 g/mol. The van der Waals surface area contributed by atoms with Gasteiger partial charge < -0.3 is 15.0 Å². The van der Waals surface area contributed by atoms with Crippen molar-refractivity contribution >= 4 is 5.91 Å². The highest BCUT2D eigenvalue weighted by Crippen LogP contribution is 2.15. The first-order chi connectivity index (χ1) is 11.1. The van der Waals surface area contributed by atoms with E-state index in [1.165, 1.54) is 6.07 Å². The summed E-state index contributed by atoms with van der Waals surface area (Å²) >= 11 is 0. The molecule has 0 saturated carbocycles. The first-order valence-corrected chi connectivity index (χ1v) is 7.72. The summed E-state index contributed by atoms with van der Waals surface area (Å²) < 4.78 is 5.74. The fourth-order valence-electron chi connectivity index (χ4n) is 2.20. The minimum absolute atomic E-state index is 0.0202. The zero-order chi connectivity index (χ0) is 16.7. The average Bonchev–Trinajstić information content (AvgIpc) is 2.55. The number of rotatable bonds is 7. The zero-order valence-electron chi connectivity index (χ0n) is 13.5. The van der Waals surface area contributed by atoms with Crippen molar-refractivity contribution in [2.75, 3.05) is 13.2 Å². The molecule has 122 valence electrons. The second kappa shape index (κ2) is 8.29. The van der Waals surface area contributed by atoms with E-state index in [1.54, 1.807) is 13.0 Å². The van der Waals surface area contributed by atoms with Crippen molar-refractivity contribution in [3.05, 3.63) is 69.6 Å². The number of nitrogens with one attached hydrogen (secondary N) is 2. The number of hydrogen-bond donors (Lipinski definition) is 2. The normalized spacial score (nSPS) is 11.9. The van der Waals surface area contributed by atoms with Gasteiger partial charge in [-0.05, 0) is 38.0 Å². The number of carbonyl (C=O) groups excluding carboxylic acids is 1. The van der Waals surface area contributed by atoms with Crippen molar-refractivity contribution in [1.82, 2.24) is 10.3 Å². The summed E-state index contributed by atoms with van der Waals surface area (Å²) in [6.45, 7) is 4.78. The molecule has 0 fully saturated rings. The molecule has 0 saturated heterocycles. The molecule has 23 heavy (non-hydrogen) atoms. The lowest BCUT2D eigenvalue weighted by molar-refractivity contribution is 0.0635. The predicted octanol–water partition coefficient (Wildman–Crippen LogP) is 2.58. The first kappa shape index (κ1) is 17.0. The number of H-pyrrole nitrogens is 1. The number of carbonyl (C=O) groups is 1. The van der Waals surface area contributed by atoms with E-state index in [1.807, 2.05) is 37.3 Å². The van der Waals surface area contributed by atoms with E-state index < -0.39 is 0 Å². The Morgan fingerprint density at radius 1 is 1.22 bits per heavy atom. The van der Waals surface area contributed by atoms with Crippen LogP contribution in [0.1, 0.15) is 41.1 Å². The van der Waals surface area contributed by atoms with Gasteiger partial charge in [0.2, 0.25) is 0 Å². The van der Waals surface area contributed by atoms with Gasteiger partial charge in [-0.1, -0.05) is 30.3 Å². The lowest BCUT2D eigenvalue weighted by Crippen LogP contribution is -2.30. The number of aromatic amines is 1. The van der Waals surface area contributed by atoms with E-state index in [4.69, 9.17) is 4.74 Å². The van der Waals surface area contributed by atoms with Crippen LogP contribution in [0.4, 0.5) is 0 Å². The molecule has 0 bridgehead atoms. The van der Waals surface area contributed by atoms with Crippen LogP contribution in [-0.4, -0.2) is 24.0 Å². The number of hydrogen-bond acceptors (Lipinski definition) is 3. The van der Waals surface area contributed by atoms with Crippen molar-refractivity contribution in [3.8, 4) is 0 Å². The van der Waals surface area contributed by atoms with E-state index in [0.29, 0.717) is 19.6 Å². The van der Waals surface area contributed by atoms with Gasteiger partial charge in [-0.25, -0.2) is 0 Å². The Bertz CT molecular complexity index is 695. The molecule has 1 heterocycles. The van der Waals surface area contributed by atoms with Crippen molar-refractivity contribution in [1.29, 1.82) is 0 Å². The third-order valence-electron chi connectivity index (χ3n) is 3.54. The molecule has 5 heteroatoms. The number of pyridine rings is 1. The fraction of sp³-hybridized carbons (Fsp3) is 0.333. The zero-order valence-corrected chi connectivity index (χ0v) is 13.5. The topological polar surface area (TPSA) is 71.2 Å². The van der Waals surface area contributed by atoms with Crippen molar-refractivity contribution in [3.63, 3.8) is 0 Å². The molecule has 1 aromatic heterocycles. The molecule has 2 rings (SSSR count). The summed E-state index contributed by atoms with van der Waals surface area (Å²) in [4.78, 5) is 26.2. The van der Waals surface area contributed by atoms with Gasteiger partial charge in [-0.3, -0.25) is 9.59 Å². The van der Waals surface area contributed by atoms with E-state index >= 15 is 0 Å². The highest BCUT2D eigenvalue weighted by atomic mass is 16.5. The van der Waals surface area contributed by atoms with Gasteiger partial charge in [0.05, 0.1) is 6.10 Å². The van der Waals surface area contributed by atoms with Crippen LogP contribution in [0.2, 0.25) is 0 Å². The third kappa shape index (κ3) is 5.07. The summed E-state index contributed by atoms with van der Waals surface area (Å²) in [5.41, 5.74) is 1.63. The van der Waals surface area contributed by atoms with Crippen molar-refractivity contribution in [2.24, 2.45) is 0 Å². The Kier molecular flexibility index (Phi) is 6.11. The molecule has 1 aromatic carbocycles. The van der Waals surface area contributed by atoms with Gasteiger partial charge in [0.15, 0.2) is 0 Å². The molecule has 1 amide bonds. The second-order valence-electron chi connectivity index (χ2n) is 5.42. The van der Waals surface area contributed by atoms with Crippen LogP contribution in [0.15, 0.2) is 47.3 Å². The molecule has 0 aliphatic carbocycles. The molecule has 1 atom stereocenters. The molecule has 2 aromatic rings. The van der Waals surface area contributed by atoms with Gasteiger partial charge in [-0.15, -0.1) is 0 Å². The highest BCUT2D eigenvalue weighted by molar-refractivity contribution is 5.93. The summed E-state index contributed by atoms with van der Waals surface area (Å²) in [5.74, 6) is -0.359. The SMILES string of the molecule is Cc1ccc(C(=O)NCCCO[C@H](C)c2ccccc2)c(=O)[nH]1. The summed E-state index contributed by atoms with van der Waals surface area (Å²) in [5, 5.41) is 2.73. The minimum atomic E-state index is -0.364. The van der Waals surface area contributed by atoms with Crippen LogP contribution in [0.3, 0.4) is 0 Å². The lowest BCUT2D eigenvalue weighted by atomic mass is 10.1. The molecule has 2 N–H and O–H groups in total. The summed E-state index contributed by atoms with van der Waals surface area (Å²) in [6, 6.07) is 13.2. The molecule has 0 aliphatic heterocycles. The number of benzene rings is 1. The Balaban J connectivity index is 1.71. The van der Waals surface area contributed by atoms with Crippen molar-refractivity contribution in [2.45, 2.75) is 26.4 Å². The van der Waals surface area contributed by atoms with Gasteiger partial charge in [-0.2, -0.15) is 0 Å². The number of aromatic nitrogens is 1. The quantitative estimate of drug-likeness (QED) is 0.772. The van der Waals surface area contributed by atoms with E-state index in [2.05, 4.69) is 10.3 Å². The van der Waals surface area contributed by atoms with Gasteiger partial charge in [0.1, 0.15) is 5.56 Å². The molecule has 0 radical (unpaired) electrons. The Morgan fingerprint density at radius 2 is 1.96 bits per heavy atom. The molecular weight excluding hydrogens is 292 g/mol. The smallest absolute Gasteiger partial charge is 0.260 e. The Labute approximate surface area is 135 Å². The van der Waals surface area contributed by atoms with Crippen LogP contribution in [0.5, 0.6) is 0 Å². The maximum atomic E-state index is 11.9. The van der Waals surface area contributed by atoms with Crippen LogP contribution < -0.4 is 10.9 Å². The Hall–Kier alpha value is -2.40. The monoisotopic (exact) mass is 314 g/mol.